The number of rotatable bonds is 4. The number of hydrogen-bond donors (Lipinski definition) is 2. The van der Waals surface area contributed by atoms with Gasteiger partial charge in [-0.2, -0.15) is 0 Å². The first-order valence-electron chi connectivity index (χ1n) is 9.22. The summed E-state index contributed by atoms with van der Waals surface area (Å²) in [7, 11) is 3.20. The Labute approximate surface area is 158 Å². The lowest BCUT2D eigenvalue weighted by atomic mass is 9.85. The summed E-state index contributed by atoms with van der Waals surface area (Å²) in [4.78, 5) is 16.5. The molecular weight excluding hydrogens is 340 g/mol. The summed E-state index contributed by atoms with van der Waals surface area (Å²) in [5.41, 5.74) is 5.57. The average molecular weight is 364 g/mol. The van der Waals surface area contributed by atoms with Gasteiger partial charge in [-0.15, -0.1) is 0 Å². The van der Waals surface area contributed by atoms with Gasteiger partial charge >= 0.3 is 0 Å². The number of aromatic amines is 1. The molecule has 5 heteroatoms. The van der Waals surface area contributed by atoms with Crippen molar-refractivity contribution < 1.29 is 14.3 Å². The molecular formula is C22H24N2O3. The molecule has 0 aliphatic heterocycles. The predicted molar refractivity (Wildman–Crippen MR) is 107 cm³/mol. The van der Waals surface area contributed by atoms with E-state index in [9.17, 15) is 4.79 Å². The van der Waals surface area contributed by atoms with Crippen LogP contribution in [0, 0.1) is 12.8 Å². The van der Waals surface area contributed by atoms with Gasteiger partial charge in [0.25, 0.3) is 0 Å². The molecule has 2 aromatic carbocycles. The van der Waals surface area contributed by atoms with Gasteiger partial charge in [0.15, 0.2) is 0 Å². The van der Waals surface area contributed by atoms with Crippen molar-refractivity contribution in [1.29, 1.82) is 0 Å². The van der Waals surface area contributed by atoms with Gasteiger partial charge in [0.1, 0.15) is 11.5 Å². The summed E-state index contributed by atoms with van der Waals surface area (Å²) in [6.07, 6.45) is 2.46. The first-order valence-corrected chi connectivity index (χ1v) is 9.22. The van der Waals surface area contributed by atoms with Gasteiger partial charge in [0.2, 0.25) is 5.91 Å². The first kappa shape index (κ1) is 17.5. The van der Waals surface area contributed by atoms with Gasteiger partial charge < -0.3 is 19.8 Å². The van der Waals surface area contributed by atoms with Crippen LogP contribution in [0.25, 0.3) is 10.9 Å². The average Bonchev–Trinajstić information content (AvgIpc) is 3.05. The van der Waals surface area contributed by atoms with Crippen molar-refractivity contribution in [3.63, 3.8) is 0 Å². The van der Waals surface area contributed by atoms with Crippen molar-refractivity contribution in [2.45, 2.75) is 26.2 Å². The zero-order valence-electron chi connectivity index (χ0n) is 15.9. The molecule has 1 amide bonds. The molecule has 0 radical (unpaired) electrons. The lowest BCUT2D eigenvalue weighted by Crippen LogP contribution is -2.28. The SMILES string of the molecule is COc1ccc(OC)c(NC(=O)C2CCc3[nH]c4ccc(C)cc4c3C2)c1. The zero-order valence-corrected chi connectivity index (χ0v) is 15.9. The second-order valence-corrected chi connectivity index (χ2v) is 7.13. The normalized spacial score (nSPS) is 16.0. The molecule has 1 unspecified atom stereocenters. The second kappa shape index (κ2) is 6.99. The van der Waals surface area contributed by atoms with Crippen LogP contribution in [0.5, 0.6) is 11.5 Å². The Morgan fingerprint density at radius 3 is 2.78 bits per heavy atom. The molecule has 0 saturated carbocycles. The van der Waals surface area contributed by atoms with E-state index in [-0.39, 0.29) is 11.8 Å². The van der Waals surface area contributed by atoms with Crippen molar-refractivity contribution in [3.05, 3.63) is 53.2 Å². The van der Waals surface area contributed by atoms with Crippen LogP contribution in [0.4, 0.5) is 5.69 Å². The molecule has 1 aliphatic carbocycles. The fraction of sp³-hybridized carbons (Fsp3) is 0.318. The van der Waals surface area contributed by atoms with E-state index in [0.717, 1.165) is 24.8 Å². The number of nitrogens with one attached hydrogen (secondary N) is 2. The number of hydrogen-bond acceptors (Lipinski definition) is 3. The molecule has 3 aromatic rings. The third-order valence-corrected chi connectivity index (χ3v) is 5.38. The number of benzene rings is 2. The zero-order chi connectivity index (χ0) is 19.0. The third-order valence-electron chi connectivity index (χ3n) is 5.38. The number of aryl methyl sites for hydroxylation is 2. The van der Waals surface area contributed by atoms with E-state index in [2.05, 4.69) is 35.4 Å². The number of carbonyl (C=O) groups is 1. The number of H-pyrrole nitrogens is 1. The summed E-state index contributed by atoms with van der Waals surface area (Å²) < 4.78 is 10.6. The van der Waals surface area contributed by atoms with E-state index in [4.69, 9.17) is 9.47 Å². The Hall–Kier alpha value is -2.95. The molecule has 1 aromatic heterocycles. The third kappa shape index (κ3) is 3.25. The topological polar surface area (TPSA) is 63.4 Å². The number of ether oxygens (including phenoxy) is 2. The Kier molecular flexibility index (Phi) is 4.52. The summed E-state index contributed by atoms with van der Waals surface area (Å²) in [5.74, 6) is 1.27. The van der Waals surface area contributed by atoms with Crippen molar-refractivity contribution >= 4 is 22.5 Å². The molecule has 4 rings (SSSR count). The molecule has 5 nitrogen and oxygen atoms in total. The number of anilines is 1. The van der Waals surface area contributed by atoms with Crippen LogP contribution in [-0.2, 0) is 17.6 Å². The highest BCUT2D eigenvalue weighted by atomic mass is 16.5. The Bertz CT molecular complexity index is 1010. The molecule has 1 atom stereocenters. The van der Waals surface area contributed by atoms with Crippen LogP contribution in [-0.4, -0.2) is 25.1 Å². The maximum Gasteiger partial charge on any atom is 0.227 e. The summed E-state index contributed by atoms with van der Waals surface area (Å²) in [6, 6.07) is 11.9. The van der Waals surface area contributed by atoms with Gasteiger partial charge in [0, 0.05) is 28.6 Å². The number of carbonyl (C=O) groups excluding carboxylic acids is 1. The fourth-order valence-corrected chi connectivity index (χ4v) is 3.90. The van der Waals surface area contributed by atoms with E-state index < -0.39 is 0 Å². The smallest absolute Gasteiger partial charge is 0.227 e. The Morgan fingerprint density at radius 1 is 1.15 bits per heavy atom. The van der Waals surface area contributed by atoms with E-state index in [1.165, 1.54) is 22.2 Å². The molecule has 0 bridgehead atoms. The molecule has 0 saturated heterocycles. The van der Waals surface area contributed by atoms with Crippen LogP contribution >= 0.6 is 0 Å². The Morgan fingerprint density at radius 2 is 2.00 bits per heavy atom. The summed E-state index contributed by atoms with van der Waals surface area (Å²) in [6.45, 7) is 2.10. The van der Waals surface area contributed by atoms with Crippen LogP contribution in [0.2, 0.25) is 0 Å². The summed E-state index contributed by atoms with van der Waals surface area (Å²) in [5, 5.41) is 4.27. The minimum absolute atomic E-state index is 0.0224. The quantitative estimate of drug-likeness (QED) is 0.728. The lowest BCUT2D eigenvalue weighted by molar-refractivity contribution is -0.120. The molecule has 0 spiro atoms. The Balaban J connectivity index is 1.58. The van der Waals surface area contributed by atoms with E-state index in [1.54, 1.807) is 26.4 Å². The minimum Gasteiger partial charge on any atom is -0.497 e. The first-order chi connectivity index (χ1) is 13.1. The van der Waals surface area contributed by atoms with Crippen LogP contribution in [0.15, 0.2) is 36.4 Å². The van der Waals surface area contributed by atoms with E-state index in [0.29, 0.717) is 17.2 Å². The number of methoxy groups -OCH3 is 2. The highest BCUT2D eigenvalue weighted by molar-refractivity contribution is 5.95. The van der Waals surface area contributed by atoms with Crippen LogP contribution < -0.4 is 14.8 Å². The van der Waals surface area contributed by atoms with Gasteiger partial charge in [-0.05, 0) is 56.0 Å². The number of fused-ring (bicyclic) bond motifs is 3. The molecule has 2 N–H and O–H groups in total. The molecule has 140 valence electrons. The molecule has 1 heterocycles. The fourth-order valence-electron chi connectivity index (χ4n) is 3.90. The van der Waals surface area contributed by atoms with Gasteiger partial charge in [-0.25, -0.2) is 0 Å². The van der Waals surface area contributed by atoms with Gasteiger partial charge in [-0.1, -0.05) is 11.6 Å². The number of aromatic nitrogens is 1. The largest absolute Gasteiger partial charge is 0.497 e. The second-order valence-electron chi connectivity index (χ2n) is 7.13. The highest BCUT2D eigenvalue weighted by Crippen LogP contribution is 2.34. The predicted octanol–water partition coefficient (Wildman–Crippen LogP) is 4.24. The van der Waals surface area contributed by atoms with E-state index >= 15 is 0 Å². The van der Waals surface area contributed by atoms with Gasteiger partial charge in [-0.3, -0.25) is 4.79 Å². The minimum atomic E-state index is -0.0621. The molecule has 0 fully saturated rings. The van der Waals surface area contributed by atoms with Crippen molar-refractivity contribution in [2.75, 3.05) is 19.5 Å². The van der Waals surface area contributed by atoms with Crippen molar-refractivity contribution in [1.82, 2.24) is 4.98 Å². The van der Waals surface area contributed by atoms with Crippen molar-refractivity contribution in [3.8, 4) is 11.5 Å². The van der Waals surface area contributed by atoms with E-state index in [1.807, 2.05) is 6.07 Å². The standard InChI is InChI=1S/C22H24N2O3/c1-13-4-7-18-16(10-13)17-11-14(5-8-19(17)23-18)22(25)24-20-12-15(26-2)6-9-21(20)27-3/h4,6-7,9-10,12,14,23H,5,8,11H2,1-3H3,(H,24,25). The molecule has 1 aliphatic rings. The number of amides is 1. The lowest BCUT2D eigenvalue weighted by Gasteiger charge is -2.22. The van der Waals surface area contributed by atoms with Crippen LogP contribution in [0.3, 0.4) is 0 Å². The maximum absolute atomic E-state index is 13.0. The van der Waals surface area contributed by atoms with Gasteiger partial charge in [0.05, 0.1) is 19.9 Å². The monoisotopic (exact) mass is 364 g/mol. The summed E-state index contributed by atoms with van der Waals surface area (Å²) >= 11 is 0. The van der Waals surface area contributed by atoms with Crippen LogP contribution in [0.1, 0.15) is 23.2 Å². The maximum atomic E-state index is 13.0. The molecule has 27 heavy (non-hydrogen) atoms. The van der Waals surface area contributed by atoms with Crippen molar-refractivity contribution in [2.24, 2.45) is 5.92 Å². The highest BCUT2D eigenvalue weighted by Gasteiger charge is 2.28.